The molecule has 2 heterocycles. The van der Waals surface area contributed by atoms with Gasteiger partial charge in [-0.3, -0.25) is 4.79 Å². The molecule has 1 amide bonds. The lowest BCUT2D eigenvalue weighted by atomic mass is 9.98. The number of hydrogen-bond donors (Lipinski definition) is 1. The lowest BCUT2D eigenvalue weighted by Crippen LogP contribution is -2.35. The molecule has 2 atom stereocenters. The summed E-state index contributed by atoms with van der Waals surface area (Å²) in [6.07, 6.45) is 2.69. The van der Waals surface area contributed by atoms with Crippen LogP contribution in [-0.4, -0.2) is 59.1 Å². The first-order chi connectivity index (χ1) is 10.8. The van der Waals surface area contributed by atoms with E-state index in [2.05, 4.69) is 11.9 Å². The Kier molecular flexibility index (Phi) is 4.47. The van der Waals surface area contributed by atoms with Crippen LogP contribution in [0.5, 0.6) is 0 Å². The number of benzene rings is 1. The van der Waals surface area contributed by atoms with E-state index in [4.69, 9.17) is 0 Å². The molecule has 4 nitrogen and oxygen atoms in total. The van der Waals surface area contributed by atoms with E-state index in [9.17, 15) is 9.90 Å². The summed E-state index contributed by atoms with van der Waals surface area (Å²) >= 11 is 0. The number of rotatable bonds is 4. The molecule has 4 heteroatoms. The van der Waals surface area contributed by atoms with Crippen LogP contribution >= 0.6 is 0 Å². The summed E-state index contributed by atoms with van der Waals surface area (Å²) in [5.41, 5.74) is 1.23. The molecule has 1 N–H and O–H groups in total. The Morgan fingerprint density at radius 2 is 2.13 bits per heavy atom. The van der Waals surface area contributed by atoms with E-state index in [1.54, 1.807) is 0 Å². The van der Waals surface area contributed by atoms with E-state index >= 15 is 0 Å². The number of aliphatic hydroxyl groups is 1. The maximum absolute atomic E-state index is 12.8. The molecule has 2 aliphatic heterocycles. The second-order valence-electron chi connectivity index (χ2n) is 7.82. The van der Waals surface area contributed by atoms with E-state index in [1.165, 1.54) is 6.42 Å². The highest BCUT2D eigenvalue weighted by Crippen LogP contribution is 2.31. The Morgan fingerprint density at radius 1 is 1.35 bits per heavy atom. The average Bonchev–Trinajstić information content (AvgIpc) is 3.07. The predicted molar refractivity (Wildman–Crippen MR) is 91.5 cm³/mol. The van der Waals surface area contributed by atoms with Gasteiger partial charge < -0.3 is 14.9 Å². The molecule has 2 fully saturated rings. The van der Waals surface area contributed by atoms with Gasteiger partial charge in [-0.15, -0.1) is 0 Å². The zero-order valence-corrected chi connectivity index (χ0v) is 14.5. The fraction of sp³-hybridized carbons (Fsp3) is 0.632. The minimum Gasteiger partial charge on any atom is -0.390 e. The molecule has 126 valence electrons. The quantitative estimate of drug-likeness (QED) is 0.926. The van der Waals surface area contributed by atoms with E-state index in [-0.39, 0.29) is 5.91 Å². The van der Waals surface area contributed by atoms with Gasteiger partial charge >= 0.3 is 0 Å². The van der Waals surface area contributed by atoms with Crippen LogP contribution in [0.3, 0.4) is 0 Å². The first-order valence-electron chi connectivity index (χ1n) is 8.64. The number of amides is 1. The Bertz CT molecular complexity index is 579. The molecule has 0 spiro atoms. The van der Waals surface area contributed by atoms with Gasteiger partial charge in [-0.05, 0) is 70.3 Å². The third-order valence-corrected chi connectivity index (χ3v) is 5.31. The van der Waals surface area contributed by atoms with Gasteiger partial charge in [0.1, 0.15) is 0 Å². The van der Waals surface area contributed by atoms with Crippen molar-refractivity contribution in [2.24, 2.45) is 5.92 Å². The molecule has 2 aliphatic rings. The zero-order chi connectivity index (χ0) is 16.6. The minimum absolute atomic E-state index is 0.151. The van der Waals surface area contributed by atoms with Crippen molar-refractivity contribution in [1.29, 1.82) is 0 Å². The van der Waals surface area contributed by atoms with Crippen LogP contribution in [0.15, 0.2) is 24.3 Å². The lowest BCUT2D eigenvalue weighted by Gasteiger charge is -2.21. The number of hydrogen-bond acceptors (Lipinski definition) is 3. The first kappa shape index (κ1) is 16.5. The third kappa shape index (κ3) is 3.75. The third-order valence-electron chi connectivity index (χ3n) is 5.31. The van der Waals surface area contributed by atoms with Crippen molar-refractivity contribution in [2.75, 3.05) is 26.7 Å². The van der Waals surface area contributed by atoms with Gasteiger partial charge in [0.2, 0.25) is 0 Å². The van der Waals surface area contributed by atoms with Gasteiger partial charge in [-0.1, -0.05) is 12.1 Å². The van der Waals surface area contributed by atoms with E-state index in [0.29, 0.717) is 18.4 Å². The fourth-order valence-electron chi connectivity index (χ4n) is 3.83. The predicted octanol–water partition coefficient (Wildman–Crippen LogP) is 2.17. The summed E-state index contributed by atoms with van der Waals surface area (Å²) in [7, 11) is 2.16. The maximum Gasteiger partial charge on any atom is 0.253 e. The van der Waals surface area contributed by atoms with Crippen LogP contribution < -0.4 is 0 Å². The highest BCUT2D eigenvalue weighted by molar-refractivity contribution is 5.94. The topological polar surface area (TPSA) is 43.8 Å². The monoisotopic (exact) mass is 316 g/mol. The van der Waals surface area contributed by atoms with Gasteiger partial charge in [-0.25, -0.2) is 0 Å². The number of carbonyl (C=O) groups is 1. The number of carbonyl (C=O) groups excluding carboxylic acids is 1. The smallest absolute Gasteiger partial charge is 0.253 e. The molecule has 3 rings (SSSR count). The van der Waals surface area contributed by atoms with Gasteiger partial charge in [0.15, 0.2) is 0 Å². The van der Waals surface area contributed by atoms with Crippen molar-refractivity contribution in [3.63, 3.8) is 0 Å². The summed E-state index contributed by atoms with van der Waals surface area (Å²) < 4.78 is 0. The number of likely N-dealkylation sites (N-methyl/N-ethyl adjacent to an activating group) is 1. The molecule has 0 saturated carbocycles. The van der Waals surface area contributed by atoms with Crippen LogP contribution in [0, 0.1) is 5.92 Å². The van der Waals surface area contributed by atoms with Gasteiger partial charge in [-0.2, -0.15) is 0 Å². The Hall–Kier alpha value is -1.39. The lowest BCUT2D eigenvalue weighted by molar-refractivity contribution is 0.0714. The molecule has 2 saturated heterocycles. The fourth-order valence-corrected chi connectivity index (χ4v) is 3.83. The Labute approximate surface area is 139 Å². The van der Waals surface area contributed by atoms with Crippen molar-refractivity contribution in [2.45, 2.75) is 44.8 Å². The molecule has 1 aromatic carbocycles. The second kappa shape index (κ2) is 6.25. The normalized spacial score (nSPS) is 25.0. The summed E-state index contributed by atoms with van der Waals surface area (Å²) in [5, 5.41) is 9.87. The molecule has 0 aromatic heterocycles. The molecule has 2 unspecified atom stereocenters. The van der Waals surface area contributed by atoms with Crippen LogP contribution in [-0.2, 0) is 6.42 Å². The Morgan fingerprint density at radius 3 is 2.83 bits per heavy atom. The number of aryl methyl sites for hydroxylation is 1. The van der Waals surface area contributed by atoms with Gasteiger partial charge in [0, 0.05) is 24.7 Å². The highest BCUT2D eigenvalue weighted by atomic mass is 16.3. The zero-order valence-electron chi connectivity index (χ0n) is 14.5. The summed E-state index contributed by atoms with van der Waals surface area (Å²) in [4.78, 5) is 17.2. The van der Waals surface area contributed by atoms with Crippen molar-refractivity contribution in [1.82, 2.24) is 9.80 Å². The highest BCUT2D eigenvalue weighted by Gasteiger charge is 2.41. The van der Waals surface area contributed by atoms with Gasteiger partial charge in [0.05, 0.1) is 5.60 Å². The second-order valence-corrected chi connectivity index (χ2v) is 7.82. The summed E-state index contributed by atoms with van der Waals surface area (Å²) in [6.45, 7) is 6.54. The summed E-state index contributed by atoms with van der Waals surface area (Å²) in [5.74, 6) is 0.792. The van der Waals surface area contributed by atoms with Crippen LogP contribution in [0.2, 0.25) is 0 Å². The van der Waals surface area contributed by atoms with Crippen molar-refractivity contribution < 1.29 is 9.90 Å². The van der Waals surface area contributed by atoms with Crippen molar-refractivity contribution >= 4 is 5.91 Å². The van der Waals surface area contributed by atoms with Crippen molar-refractivity contribution in [3.8, 4) is 0 Å². The molecule has 0 radical (unpaired) electrons. The molecule has 23 heavy (non-hydrogen) atoms. The molecular formula is C19H28N2O2. The van der Waals surface area contributed by atoms with Crippen molar-refractivity contribution in [3.05, 3.63) is 35.4 Å². The largest absolute Gasteiger partial charge is 0.390 e. The van der Waals surface area contributed by atoms with E-state index in [0.717, 1.165) is 37.2 Å². The Balaban J connectivity index is 1.66. The van der Waals surface area contributed by atoms with Gasteiger partial charge in [0.25, 0.3) is 5.91 Å². The van der Waals surface area contributed by atoms with Crippen LogP contribution in [0.4, 0.5) is 0 Å². The first-order valence-corrected chi connectivity index (χ1v) is 8.64. The van der Waals surface area contributed by atoms with Crippen LogP contribution in [0.25, 0.3) is 0 Å². The molecule has 0 aliphatic carbocycles. The average molecular weight is 316 g/mol. The van der Waals surface area contributed by atoms with E-state index in [1.807, 2.05) is 43.0 Å². The maximum atomic E-state index is 12.8. The molecular weight excluding hydrogens is 288 g/mol. The molecule has 0 bridgehead atoms. The standard InChI is InChI=1S/C19H28N2O2/c1-19(2,23)9-7-14-5-4-6-15(11-14)18(22)21-12-16-8-10-20(3)17(16)13-21/h4-6,11,16-17,23H,7-10,12-13H2,1-3H3. The van der Waals surface area contributed by atoms with E-state index < -0.39 is 5.60 Å². The summed E-state index contributed by atoms with van der Waals surface area (Å²) in [6, 6.07) is 8.43. The number of nitrogens with zero attached hydrogens (tertiary/aromatic N) is 2. The minimum atomic E-state index is -0.670. The number of fused-ring (bicyclic) bond motifs is 1. The molecule has 1 aromatic rings. The SMILES string of the molecule is CN1CCC2CN(C(=O)c3cccc(CCC(C)(C)O)c3)CC21. The van der Waals surface area contributed by atoms with Crippen LogP contribution in [0.1, 0.15) is 42.6 Å². The number of likely N-dealkylation sites (tertiary alicyclic amines) is 2.